The number of rotatable bonds is 5. The molecule has 0 aliphatic rings. The molecule has 1 aromatic heterocycles. The molecule has 0 aliphatic carbocycles. The number of nitrogens with one attached hydrogen (secondary N) is 1. The smallest absolute Gasteiger partial charge is 0.225 e. The number of hydrogen-bond acceptors (Lipinski definition) is 5. The molecule has 0 spiro atoms. The van der Waals surface area contributed by atoms with Crippen molar-refractivity contribution < 1.29 is 4.74 Å². The number of anilines is 1. The molecule has 0 unspecified atom stereocenters. The summed E-state index contributed by atoms with van der Waals surface area (Å²) < 4.78 is 5.78. The fourth-order valence-electron chi connectivity index (χ4n) is 1.62. The zero-order chi connectivity index (χ0) is 14.5. The van der Waals surface area contributed by atoms with Crippen molar-refractivity contribution in [2.45, 2.75) is 19.0 Å². The second-order valence-corrected chi connectivity index (χ2v) is 5.32. The van der Waals surface area contributed by atoms with Gasteiger partial charge in [0.05, 0.1) is 5.02 Å². The first-order chi connectivity index (χ1) is 9.62. The molecule has 20 heavy (non-hydrogen) atoms. The van der Waals surface area contributed by atoms with Gasteiger partial charge in [-0.1, -0.05) is 29.4 Å². The molecule has 2 rings (SSSR count). The monoisotopic (exact) mass is 309 g/mol. The van der Waals surface area contributed by atoms with Crippen molar-refractivity contribution in [2.75, 3.05) is 18.1 Å². The molecule has 0 radical (unpaired) electrons. The molecule has 2 aromatic rings. The largest absolute Gasteiger partial charge is 0.437 e. The average Bonchev–Trinajstić information content (AvgIpc) is 2.43. The van der Waals surface area contributed by atoms with Crippen LogP contribution >= 0.6 is 23.4 Å². The zero-order valence-electron chi connectivity index (χ0n) is 11.6. The highest BCUT2D eigenvalue weighted by atomic mass is 35.5. The number of halogens is 1. The van der Waals surface area contributed by atoms with Crippen molar-refractivity contribution in [3.05, 3.63) is 34.9 Å². The first kappa shape index (κ1) is 14.9. The molecule has 1 N–H and O–H groups in total. The van der Waals surface area contributed by atoms with E-state index < -0.39 is 0 Å². The summed E-state index contributed by atoms with van der Waals surface area (Å²) in [4.78, 5) is 8.68. The van der Waals surface area contributed by atoms with Gasteiger partial charge in [-0.2, -0.15) is 4.98 Å². The Balaban J connectivity index is 2.32. The number of hydrogen-bond donors (Lipinski definition) is 1. The Morgan fingerprint density at radius 3 is 2.80 bits per heavy atom. The Labute approximate surface area is 127 Å². The van der Waals surface area contributed by atoms with Crippen LogP contribution in [0.5, 0.6) is 11.6 Å². The van der Waals surface area contributed by atoms with Crippen LogP contribution in [0.25, 0.3) is 0 Å². The third kappa shape index (κ3) is 3.77. The second kappa shape index (κ2) is 6.81. The minimum absolute atomic E-state index is 0.479. The van der Waals surface area contributed by atoms with E-state index in [-0.39, 0.29) is 0 Å². The van der Waals surface area contributed by atoms with Gasteiger partial charge in [0, 0.05) is 12.6 Å². The molecule has 0 fully saturated rings. The Morgan fingerprint density at radius 1 is 1.30 bits per heavy atom. The predicted octanol–water partition coefficient (Wildman–Crippen LogP) is 4.38. The van der Waals surface area contributed by atoms with Crippen LogP contribution in [0, 0.1) is 6.92 Å². The molecule has 0 saturated heterocycles. The highest BCUT2D eigenvalue weighted by Gasteiger charge is 2.08. The minimum atomic E-state index is 0.479. The van der Waals surface area contributed by atoms with E-state index in [9.17, 15) is 0 Å². The van der Waals surface area contributed by atoms with E-state index in [1.165, 1.54) is 11.8 Å². The van der Waals surface area contributed by atoms with Gasteiger partial charge in [-0.25, -0.2) is 4.98 Å². The van der Waals surface area contributed by atoms with Crippen LogP contribution in [-0.4, -0.2) is 22.8 Å². The van der Waals surface area contributed by atoms with Gasteiger partial charge in [0.1, 0.15) is 11.6 Å². The van der Waals surface area contributed by atoms with Crippen LogP contribution in [-0.2, 0) is 0 Å². The number of benzene rings is 1. The van der Waals surface area contributed by atoms with Gasteiger partial charge in [0.2, 0.25) is 5.88 Å². The minimum Gasteiger partial charge on any atom is -0.437 e. The SMILES string of the molecule is CCNc1cc(Oc2cc(C)ccc2Cl)nc(SC)n1. The molecule has 106 valence electrons. The Bertz CT molecular complexity index is 607. The van der Waals surface area contributed by atoms with E-state index >= 15 is 0 Å². The Morgan fingerprint density at radius 2 is 2.10 bits per heavy atom. The summed E-state index contributed by atoms with van der Waals surface area (Å²) in [5.74, 6) is 1.82. The summed E-state index contributed by atoms with van der Waals surface area (Å²) in [6.07, 6.45) is 1.93. The highest BCUT2D eigenvalue weighted by Crippen LogP contribution is 2.30. The van der Waals surface area contributed by atoms with Gasteiger partial charge in [0.15, 0.2) is 5.16 Å². The van der Waals surface area contributed by atoms with Crippen molar-refractivity contribution in [2.24, 2.45) is 0 Å². The van der Waals surface area contributed by atoms with Gasteiger partial charge in [-0.3, -0.25) is 0 Å². The number of aromatic nitrogens is 2. The van der Waals surface area contributed by atoms with Gasteiger partial charge in [0.25, 0.3) is 0 Å². The van der Waals surface area contributed by atoms with Crippen molar-refractivity contribution in [1.82, 2.24) is 9.97 Å². The average molecular weight is 310 g/mol. The standard InChI is InChI=1S/C14H16ClN3OS/c1-4-16-12-8-13(18-14(17-12)20-3)19-11-7-9(2)5-6-10(11)15/h5-8H,4H2,1-3H3,(H,16,17,18). The highest BCUT2D eigenvalue weighted by molar-refractivity contribution is 7.98. The van der Waals surface area contributed by atoms with Crippen LogP contribution in [0.4, 0.5) is 5.82 Å². The topological polar surface area (TPSA) is 47.0 Å². The Hall–Kier alpha value is -1.46. The fraction of sp³-hybridized carbons (Fsp3) is 0.286. The molecule has 0 bridgehead atoms. The molecule has 0 amide bonds. The predicted molar refractivity (Wildman–Crippen MR) is 84.2 cm³/mol. The van der Waals surface area contributed by atoms with E-state index in [2.05, 4.69) is 15.3 Å². The quantitative estimate of drug-likeness (QED) is 0.656. The van der Waals surface area contributed by atoms with Gasteiger partial charge in [-0.05, 0) is 37.8 Å². The van der Waals surface area contributed by atoms with Crippen molar-refractivity contribution in [1.29, 1.82) is 0 Å². The molecule has 4 nitrogen and oxygen atoms in total. The summed E-state index contributed by atoms with van der Waals surface area (Å²) in [6.45, 7) is 4.79. The van der Waals surface area contributed by atoms with Gasteiger partial charge < -0.3 is 10.1 Å². The fourth-order valence-corrected chi connectivity index (χ4v) is 2.15. The van der Waals surface area contributed by atoms with E-state index in [0.29, 0.717) is 21.8 Å². The third-order valence-corrected chi connectivity index (χ3v) is 3.38. The Kier molecular flexibility index (Phi) is 5.09. The van der Waals surface area contributed by atoms with Crippen molar-refractivity contribution in [3.8, 4) is 11.6 Å². The van der Waals surface area contributed by atoms with Crippen LogP contribution in [0.1, 0.15) is 12.5 Å². The molecular weight excluding hydrogens is 294 g/mol. The van der Waals surface area contributed by atoms with Gasteiger partial charge in [-0.15, -0.1) is 0 Å². The summed E-state index contributed by atoms with van der Waals surface area (Å²) in [6, 6.07) is 7.40. The van der Waals surface area contributed by atoms with E-state index in [0.717, 1.165) is 17.9 Å². The van der Waals surface area contributed by atoms with Crippen LogP contribution in [0.15, 0.2) is 29.4 Å². The summed E-state index contributed by atoms with van der Waals surface area (Å²) in [5.41, 5.74) is 1.08. The molecule has 1 heterocycles. The second-order valence-electron chi connectivity index (χ2n) is 4.14. The number of ether oxygens (including phenoxy) is 1. The normalized spacial score (nSPS) is 10.4. The first-order valence-electron chi connectivity index (χ1n) is 6.23. The molecule has 0 atom stereocenters. The van der Waals surface area contributed by atoms with Crippen molar-refractivity contribution in [3.63, 3.8) is 0 Å². The molecular formula is C14H16ClN3OS. The molecule has 1 aromatic carbocycles. The summed E-state index contributed by atoms with van der Waals surface area (Å²) in [5, 5.41) is 4.37. The lowest BCUT2D eigenvalue weighted by atomic mass is 10.2. The lowest BCUT2D eigenvalue weighted by Crippen LogP contribution is -2.02. The van der Waals surface area contributed by atoms with Crippen LogP contribution in [0.3, 0.4) is 0 Å². The third-order valence-electron chi connectivity index (χ3n) is 2.52. The van der Waals surface area contributed by atoms with Crippen LogP contribution < -0.4 is 10.1 Å². The lowest BCUT2D eigenvalue weighted by molar-refractivity contribution is 0.456. The summed E-state index contributed by atoms with van der Waals surface area (Å²) >= 11 is 7.60. The van der Waals surface area contributed by atoms with Gasteiger partial charge >= 0.3 is 0 Å². The van der Waals surface area contributed by atoms with Crippen molar-refractivity contribution >= 4 is 29.2 Å². The van der Waals surface area contributed by atoms with E-state index in [1.807, 2.05) is 38.3 Å². The maximum Gasteiger partial charge on any atom is 0.225 e. The van der Waals surface area contributed by atoms with E-state index in [4.69, 9.17) is 16.3 Å². The number of aryl methyl sites for hydroxylation is 1. The maximum atomic E-state index is 6.13. The zero-order valence-corrected chi connectivity index (χ0v) is 13.2. The summed E-state index contributed by atoms with van der Waals surface area (Å²) in [7, 11) is 0. The number of thioether (sulfide) groups is 1. The molecule has 0 saturated carbocycles. The number of nitrogens with zero attached hydrogens (tertiary/aromatic N) is 2. The van der Waals surface area contributed by atoms with Crippen LogP contribution in [0.2, 0.25) is 5.02 Å². The lowest BCUT2D eigenvalue weighted by Gasteiger charge is -2.10. The molecule has 6 heteroatoms. The van der Waals surface area contributed by atoms with E-state index in [1.54, 1.807) is 6.07 Å². The first-order valence-corrected chi connectivity index (χ1v) is 7.83. The molecule has 0 aliphatic heterocycles. The maximum absolute atomic E-state index is 6.13.